The lowest BCUT2D eigenvalue weighted by molar-refractivity contribution is -0.168. The van der Waals surface area contributed by atoms with Crippen molar-refractivity contribution in [3.05, 3.63) is 12.2 Å². The first kappa shape index (κ1) is 18.2. The fourth-order valence-corrected chi connectivity index (χ4v) is 4.13. The number of guanidine groups is 1. The van der Waals surface area contributed by atoms with Crippen molar-refractivity contribution in [1.82, 2.24) is 25.4 Å². The van der Waals surface area contributed by atoms with Crippen LogP contribution in [0.3, 0.4) is 0 Å². The molecule has 1 heterocycles. The van der Waals surface area contributed by atoms with E-state index in [1.54, 1.807) is 6.33 Å². The monoisotopic (exact) mass is 348 g/mol. The van der Waals surface area contributed by atoms with E-state index < -0.39 is 0 Å². The first-order chi connectivity index (χ1) is 12.2. The highest BCUT2D eigenvalue weighted by Gasteiger charge is 2.59. The van der Waals surface area contributed by atoms with Crippen molar-refractivity contribution in [1.29, 1.82) is 0 Å². The summed E-state index contributed by atoms with van der Waals surface area (Å²) in [6.07, 6.45) is 8.06. The van der Waals surface area contributed by atoms with Crippen LogP contribution in [0.4, 0.5) is 0 Å². The molecule has 2 N–H and O–H groups in total. The maximum Gasteiger partial charge on any atom is 0.191 e. The summed E-state index contributed by atoms with van der Waals surface area (Å²) in [6, 6.07) is 0.483. The molecule has 7 nitrogen and oxygen atoms in total. The zero-order chi connectivity index (χ0) is 17.7. The van der Waals surface area contributed by atoms with E-state index >= 15 is 0 Å². The van der Waals surface area contributed by atoms with E-state index in [9.17, 15) is 0 Å². The van der Waals surface area contributed by atoms with Crippen LogP contribution < -0.4 is 10.6 Å². The number of nitrogens with one attached hydrogen (secondary N) is 2. The molecule has 0 aliphatic heterocycles. The van der Waals surface area contributed by atoms with Crippen molar-refractivity contribution < 1.29 is 4.74 Å². The number of ether oxygens (including phenoxy) is 1. The molecule has 2 unspecified atom stereocenters. The van der Waals surface area contributed by atoms with Crippen molar-refractivity contribution in [2.45, 2.75) is 71.6 Å². The number of aliphatic imine (C=N–C) groups is 1. The molecule has 2 aliphatic rings. The van der Waals surface area contributed by atoms with Crippen molar-refractivity contribution in [2.75, 3.05) is 19.7 Å². The Bertz CT molecular complexity index is 580. The molecule has 2 atom stereocenters. The molecule has 2 fully saturated rings. The first-order valence-corrected chi connectivity index (χ1v) is 9.76. The van der Waals surface area contributed by atoms with Crippen molar-refractivity contribution in [3.8, 4) is 0 Å². The molecule has 0 aromatic carbocycles. The van der Waals surface area contributed by atoms with Gasteiger partial charge in [0.15, 0.2) is 5.96 Å². The molecule has 25 heavy (non-hydrogen) atoms. The van der Waals surface area contributed by atoms with Crippen molar-refractivity contribution in [3.63, 3.8) is 0 Å². The van der Waals surface area contributed by atoms with E-state index in [1.807, 2.05) is 0 Å². The molecule has 1 aromatic heterocycles. The van der Waals surface area contributed by atoms with Crippen LogP contribution in [0.5, 0.6) is 0 Å². The molecule has 2 aliphatic carbocycles. The van der Waals surface area contributed by atoms with Gasteiger partial charge in [-0.15, -0.1) is 10.2 Å². The van der Waals surface area contributed by atoms with Gasteiger partial charge in [0.2, 0.25) is 0 Å². The van der Waals surface area contributed by atoms with Gasteiger partial charge in [0.05, 0.1) is 12.6 Å². The molecule has 1 aromatic rings. The number of hydrogen-bond acceptors (Lipinski definition) is 4. The Morgan fingerprint density at radius 2 is 2.24 bits per heavy atom. The number of aromatic nitrogens is 3. The predicted molar refractivity (Wildman–Crippen MR) is 98.6 cm³/mol. The summed E-state index contributed by atoms with van der Waals surface area (Å²) in [5.41, 5.74) is 0.343. The van der Waals surface area contributed by atoms with Gasteiger partial charge in [-0.25, -0.2) is 0 Å². The Morgan fingerprint density at radius 3 is 2.88 bits per heavy atom. The molecule has 1 spiro atoms. The van der Waals surface area contributed by atoms with E-state index in [0.717, 1.165) is 50.9 Å². The van der Waals surface area contributed by atoms with Gasteiger partial charge in [-0.3, -0.25) is 4.99 Å². The summed E-state index contributed by atoms with van der Waals surface area (Å²) in [6.45, 7) is 9.50. The van der Waals surface area contributed by atoms with Gasteiger partial charge in [-0.2, -0.15) is 0 Å². The second-order valence-electron chi connectivity index (χ2n) is 7.02. The quantitative estimate of drug-likeness (QED) is 0.553. The summed E-state index contributed by atoms with van der Waals surface area (Å²) in [4.78, 5) is 4.76. The highest BCUT2D eigenvalue weighted by molar-refractivity contribution is 5.80. The highest BCUT2D eigenvalue weighted by Crippen LogP contribution is 2.57. The number of nitrogens with zero attached hydrogens (tertiary/aromatic N) is 4. The Hall–Kier alpha value is -1.63. The van der Waals surface area contributed by atoms with Crippen LogP contribution in [0, 0.1) is 5.41 Å². The SMILES string of the molecule is CCNC(=NCCn1cnnc1CC)NC1CC(OCC)C12CCC2. The third-order valence-electron chi connectivity index (χ3n) is 5.72. The van der Waals surface area contributed by atoms with Crippen LogP contribution in [0.1, 0.15) is 52.3 Å². The maximum absolute atomic E-state index is 5.95. The average Bonchev–Trinajstić information content (AvgIpc) is 2.99. The molecular weight excluding hydrogens is 316 g/mol. The zero-order valence-corrected chi connectivity index (χ0v) is 15.8. The van der Waals surface area contributed by atoms with Crippen LogP contribution >= 0.6 is 0 Å². The average molecular weight is 348 g/mol. The van der Waals surface area contributed by atoms with Crippen LogP contribution in [0.2, 0.25) is 0 Å². The molecule has 0 amide bonds. The van der Waals surface area contributed by atoms with Gasteiger partial charge in [0.1, 0.15) is 12.2 Å². The maximum atomic E-state index is 5.95. The minimum Gasteiger partial charge on any atom is -0.378 e. The van der Waals surface area contributed by atoms with Crippen molar-refractivity contribution in [2.24, 2.45) is 10.4 Å². The predicted octanol–water partition coefficient (Wildman–Crippen LogP) is 1.74. The minimum absolute atomic E-state index is 0.343. The van der Waals surface area contributed by atoms with Gasteiger partial charge in [-0.05, 0) is 33.1 Å². The third kappa shape index (κ3) is 3.66. The Morgan fingerprint density at radius 1 is 1.40 bits per heavy atom. The topological polar surface area (TPSA) is 76.4 Å². The lowest BCUT2D eigenvalue weighted by Gasteiger charge is -2.61. The van der Waals surface area contributed by atoms with Crippen LogP contribution in [0.25, 0.3) is 0 Å². The number of rotatable bonds is 8. The fraction of sp³-hybridized carbons (Fsp3) is 0.833. The Labute approximate surface area is 150 Å². The molecule has 0 saturated heterocycles. The molecule has 0 radical (unpaired) electrons. The standard InChI is InChI=1S/C18H32N6O/c1-4-16-23-21-13-24(16)11-10-20-17(19-5-2)22-14-12-15(25-6-3)18(14)8-7-9-18/h13-15H,4-12H2,1-3H3,(H2,19,20,22). The second kappa shape index (κ2) is 8.17. The molecule has 7 heteroatoms. The van der Waals surface area contributed by atoms with E-state index in [-0.39, 0.29) is 0 Å². The summed E-state index contributed by atoms with van der Waals surface area (Å²) in [7, 11) is 0. The highest BCUT2D eigenvalue weighted by atomic mass is 16.5. The van der Waals surface area contributed by atoms with E-state index in [4.69, 9.17) is 9.73 Å². The molecule has 2 saturated carbocycles. The first-order valence-electron chi connectivity index (χ1n) is 9.76. The van der Waals surface area contributed by atoms with Gasteiger partial charge in [0, 0.05) is 37.6 Å². The minimum atomic E-state index is 0.343. The smallest absolute Gasteiger partial charge is 0.191 e. The van der Waals surface area contributed by atoms with Crippen LogP contribution in [-0.4, -0.2) is 52.6 Å². The third-order valence-corrected chi connectivity index (χ3v) is 5.72. The number of aryl methyl sites for hydroxylation is 1. The van der Waals surface area contributed by atoms with Gasteiger partial charge in [0.25, 0.3) is 0 Å². The Kier molecular flexibility index (Phi) is 5.93. The van der Waals surface area contributed by atoms with Crippen LogP contribution in [-0.2, 0) is 17.7 Å². The summed E-state index contributed by atoms with van der Waals surface area (Å²) >= 11 is 0. The molecular formula is C18H32N6O. The summed E-state index contributed by atoms with van der Waals surface area (Å²) in [5.74, 6) is 1.93. The van der Waals surface area contributed by atoms with E-state index in [1.165, 1.54) is 19.3 Å². The lowest BCUT2D eigenvalue weighted by Crippen LogP contribution is -2.68. The number of hydrogen-bond donors (Lipinski definition) is 2. The van der Waals surface area contributed by atoms with Gasteiger partial charge >= 0.3 is 0 Å². The van der Waals surface area contributed by atoms with E-state index in [2.05, 4.69) is 46.2 Å². The lowest BCUT2D eigenvalue weighted by atomic mass is 9.51. The molecule has 0 bridgehead atoms. The fourth-order valence-electron chi connectivity index (χ4n) is 4.13. The normalized spacial score (nSPS) is 24.7. The summed E-state index contributed by atoms with van der Waals surface area (Å²) in [5, 5.41) is 15.1. The Balaban J connectivity index is 1.56. The molecule has 3 rings (SSSR count). The van der Waals surface area contributed by atoms with Gasteiger partial charge < -0.3 is 19.9 Å². The molecule has 140 valence electrons. The van der Waals surface area contributed by atoms with Crippen LogP contribution in [0.15, 0.2) is 11.3 Å². The summed E-state index contributed by atoms with van der Waals surface area (Å²) < 4.78 is 8.02. The van der Waals surface area contributed by atoms with Crippen molar-refractivity contribution >= 4 is 5.96 Å². The largest absolute Gasteiger partial charge is 0.378 e. The van der Waals surface area contributed by atoms with Gasteiger partial charge in [-0.1, -0.05) is 13.3 Å². The van der Waals surface area contributed by atoms with E-state index in [0.29, 0.717) is 17.6 Å². The zero-order valence-electron chi connectivity index (χ0n) is 15.8. The second-order valence-corrected chi connectivity index (χ2v) is 7.02.